The SMILES string of the molecule is Nc1c(N2CCC(c3ccccc3)CC2)ccn2c(C3CCC3)nnc12. The zero-order valence-corrected chi connectivity index (χ0v) is 15.0. The predicted molar refractivity (Wildman–Crippen MR) is 105 cm³/mol. The maximum atomic E-state index is 6.50. The van der Waals surface area contributed by atoms with Crippen molar-refractivity contribution in [3.63, 3.8) is 0 Å². The molecule has 0 atom stereocenters. The van der Waals surface area contributed by atoms with Crippen LogP contribution in [0.1, 0.15) is 55.3 Å². The Kier molecular flexibility index (Phi) is 3.80. The molecular formula is C21H25N5. The van der Waals surface area contributed by atoms with Crippen LogP contribution in [0.25, 0.3) is 5.65 Å². The fourth-order valence-electron chi connectivity index (χ4n) is 4.38. The van der Waals surface area contributed by atoms with Gasteiger partial charge in [-0.25, -0.2) is 0 Å². The van der Waals surface area contributed by atoms with Crippen molar-refractivity contribution in [1.82, 2.24) is 14.6 Å². The Hall–Kier alpha value is -2.56. The summed E-state index contributed by atoms with van der Waals surface area (Å²) in [6.07, 6.45) is 8.16. The van der Waals surface area contributed by atoms with Gasteiger partial charge in [0.1, 0.15) is 11.5 Å². The highest BCUT2D eigenvalue weighted by atomic mass is 15.3. The number of hydrogen-bond donors (Lipinski definition) is 1. The normalized spacial score (nSPS) is 19.0. The number of nitrogens with two attached hydrogens (primary N) is 1. The molecule has 1 aromatic carbocycles. The van der Waals surface area contributed by atoms with E-state index < -0.39 is 0 Å². The Balaban J connectivity index is 1.37. The van der Waals surface area contributed by atoms with Crippen LogP contribution in [0.3, 0.4) is 0 Å². The number of nitrogens with zero attached hydrogens (tertiary/aromatic N) is 4. The van der Waals surface area contributed by atoms with Crippen molar-refractivity contribution in [2.24, 2.45) is 0 Å². The number of benzene rings is 1. The van der Waals surface area contributed by atoms with Crippen molar-refractivity contribution in [2.75, 3.05) is 23.7 Å². The summed E-state index contributed by atoms with van der Waals surface area (Å²) in [6.45, 7) is 2.06. The van der Waals surface area contributed by atoms with Gasteiger partial charge in [-0.15, -0.1) is 10.2 Å². The van der Waals surface area contributed by atoms with Gasteiger partial charge in [0.2, 0.25) is 0 Å². The van der Waals surface area contributed by atoms with Crippen molar-refractivity contribution in [1.29, 1.82) is 0 Å². The van der Waals surface area contributed by atoms with Gasteiger partial charge < -0.3 is 10.6 Å². The van der Waals surface area contributed by atoms with E-state index in [2.05, 4.69) is 62.1 Å². The van der Waals surface area contributed by atoms with Crippen LogP contribution >= 0.6 is 0 Å². The summed E-state index contributed by atoms with van der Waals surface area (Å²) >= 11 is 0. The number of rotatable bonds is 3. The molecule has 2 fully saturated rings. The molecule has 0 unspecified atom stereocenters. The van der Waals surface area contributed by atoms with Crippen LogP contribution in [0, 0.1) is 0 Å². The highest BCUT2D eigenvalue weighted by Gasteiger charge is 2.27. The first-order valence-electron chi connectivity index (χ1n) is 9.74. The van der Waals surface area contributed by atoms with Crippen molar-refractivity contribution in [2.45, 2.75) is 43.9 Å². The molecule has 26 heavy (non-hydrogen) atoms. The lowest BCUT2D eigenvalue weighted by Gasteiger charge is -2.34. The van der Waals surface area contributed by atoms with Crippen molar-refractivity contribution < 1.29 is 0 Å². The number of nitrogen functional groups attached to an aromatic ring is 1. The summed E-state index contributed by atoms with van der Waals surface area (Å²) in [7, 11) is 0. The van der Waals surface area contributed by atoms with E-state index in [1.807, 2.05) is 0 Å². The minimum Gasteiger partial charge on any atom is -0.394 e. The zero-order chi connectivity index (χ0) is 17.5. The highest BCUT2D eigenvalue weighted by Crippen LogP contribution is 2.38. The summed E-state index contributed by atoms with van der Waals surface area (Å²) in [5, 5.41) is 8.83. The van der Waals surface area contributed by atoms with Gasteiger partial charge in [-0.2, -0.15) is 0 Å². The molecular weight excluding hydrogens is 322 g/mol. The zero-order valence-electron chi connectivity index (χ0n) is 15.0. The Labute approximate surface area is 153 Å². The molecule has 1 saturated carbocycles. The van der Waals surface area contributed by atoms with Crippen molar-refractivity contribution >= 4 is 17.0 Å². The second-order valence-electron chi connectivity index (χ2n) is 7.67. The molecule has 5 rings (SSSR count). The van der Waals surface area contributed by atoms with Gasteiger partial charge in [0.25, 0.3) is 0 Å². The molecule has 1 aliphatic carbocycles. The summed E-state index contributed by atoms with van der Waals surface area (Å²) in [6, 6.07) is 13.0. The molecule has 3 aromatic rings. The van der Waals surface area contributed by atoms with E-state index in [1.54, 1.807) is 0 Å². The molecule has 1 aliphatic heterocycles. The van der Waals surface area contributed by atoms with Gasteiger partial charge in [-0.05, 0) is 43.2 Å². The predicted octanol–water partition coefficient (Wildman–Crippen LogP) is 3.96. The lowest BCUT2D eigenvalue weighted by atomic mass is 9.85. The first-order valence-corrected chi connectivity index (χ1v) is 9.74. The highest BCUT2D eigenvalue weighted by molar-refractivity contribution is 5.80. The maximum absolute atomic E-state index is 6.50. The van der Waals surface area contributed by atoms with E-state index in [1.165, 1.54) is 24.8 Å². The van der Waals surface area contributed by atoms with Crippen LogP contribution in [0.2, 0.25) is 0 Å². The van der Waals surface area contributed by atoms with Crippen molar-refractivity contribution in [3.05, 3.63) is 54.0 Å². The molecule has 2 N–H and O–H groups in total. The fraction of sp³-hybridized carbons (Fsp3) is 0.429. The van der Waals surface area contributed by atoms with Gasteiger partial charge in [0, 0.05) is 25.2 Å². The largest absolute Gasteiger partial charge is 0.394 e. The quantitative estimate of drug-likeness (QED) is 0.779. The number of fused-ring (bicyclic) bond motifs is 1. The molecule has 1 saturated heterocycles. The smallest absolute Gasteiger partial charge is 0.186 e. The third-order valence-electron chi connectivity index (χ3n) is 6.20. The topological polar surface area (TPSA) is 59.5 Å². The van der Waals surface area contributed by atoms with E-state index >= 15 is 0 Å². The lowest BCUT2D eigenvalue weighted by Crippen LogP contribution is -2.33. The Morgan fingerprint density at radius 1 is 0.885 bits per heavy atom. The van der Waals surface area contributed by atoms with E-state index in [0.717, 1.165) is 48.8 Å². The van der Waals surface area contributed by atoms with Gasteiger partial charge in [0.05, 0.1) is 5.69 Å². The second-order valence-corrected chi connectivity index (χ2v) is 7.67. The molecule has 5 heteroatoms. The number of aromatic nitrogens is 3. The maximum Gasteiger partial charge on any atom is 0.186 e. The van der Waals surface area contributed by atoms with Crippen LogP contribution in [-0.2, 0) is 0 Å². The lowest BCUT2D eigenvalue weighted by molar-refractivity contribution is 0.399. The monoisotopic (exact) mass is 347 g/mol. The standard InChI is InChI=1S/C21H25N5/c22-19-18(11-14-26-20(17-7-4-8-17)23-24-21(19)26)25-12-9-16(10-13-25)15-5-2-1-3-6-15/h1-3,5-6,11,14,16-17H,4,7-10,12-13,22H2. The van der Waals surface area contributed by atoms with E-state index in [-0.39, 0.29) is 0 Å². The number of piperidine rings is 1. The van der Waals surface area contributed by atoms with Crippen LogP contribution in [0.15, 0.2) is 42.6 Å². The average Bonchev–Trinajstić information content (AvgIpc) is 3.06. The van der Waals surface area contributed by atoms with E-state index in [4.69, 9.17) is 5.73 Å². The second kappa shape index (κ2) is 6.31. The number of hydrogen-bond acceptors (Lipinski definition) is 4. The molecule has 0 spiro atoms. The van der Waals surface area contributed by atoms with Gasteiger partial charge in [-0.3, -0.25) is 4.40 Å². The van der Waals surface area contributed by atoms with Gasteiger partial charge in [-0.1, -0.05) is 36.8 Å². The minimum atomic E-state index is 0.553. The van der Waals surface area contributed by atoms with Crippen molar-refractivity contribution in [3.8, 4) is 0 Å². The molecule has 5 nitrogen and oxygen atoms in total. The first-order chi connectivity index (χ1) is 12.8. The third kappa shape index (κ3) is 2.54. The molecule has 134 valence electrons. The van der Waals surface area contributed by atoms with Crippen LogP contribution in [0.5, 0.6) is 0 Å². The Bertz CT molecular complexity index is 905. The van der Waals surface area contributed by atoms with E-state index in [0.29, 0.717) is 11.8 Å². The molecule has 2 aromatic heterocycles. The molecule has 0 amide bonds. The van der Waals surface area contributed by atoms with Gasteiger partial charge >= 0.3 is 0 Å². The Morgan fingerprint density at radius 3 is 2.35 bits per heavy atom. The summed E-state index contributed by atoms with van der Waals surface area (Å²) in [5.74, 6) is 2.28. The summed E-state index contributed by atoms with van der Waals surface area (Å²) in [4.78, 5) is 2.41. The first kappa shape index (κ1) is 15.7. The molecule has 0 radical (unpaired) electrons. The van der Waals surface area contributed by atoms with E-state index in [9.17, 15) is 0 Å². The van der Waals surface area contributed by atoms with Gasteiger partial charge in [0.15, 0.2) is 5.65 Å². The van der Waals surface area contributed by atoms with Crippen LogP contribution in [-0.4, -0.2) is 27.7 Å². The Morgan fingerprint density at radius 2 is 1.65 bits per heavy atom. The third-order valence-corrected chi connectivity index (χ3v) is 6.20. The minimum absolute atomic E-state index is 0.553. The molecule has 2 aliphatic rings. The molecule has 3 heterocycles. The molecule has 0 bridgehead atoms. The number of pyridine rings is 1. The number of anilines is 2. The van der Waals surface area contributed by atoms with Crippen LogP contribution < -0.4 is 10.6 Å². The fourth-order valence-corrected chi connectivity index (χ4v) is 4.38. The van der Waals surface area contributed by atoms with Crippen LogP contribution in [0.4, 0.5) is 11.4 Å². The summed E-state index contributed by atoms with van der Waals surface area (Å²) < 4.78 is 2.10. The average molecular weight is 347 g/mol. The summed E-state index contributed by atoms with van der Waals surface area (Å²) in [5.41, 5.74) is 10.6.